The molecule has 0 amide bonds. The summed E-state index contributed by atoms with van der Waals surface area (Å²) in [7, 11) is 4.98. The number of hydrogen-bond donors (Lipinski definition) is 1. The standard InChI is InChI=1S/C28H30N4O4/c1-34-10-9-32-17-21(16-30-32)23-6-4-5-19-15-29-27(14-24(19)23)31-25-8-7-18(13-26(25)36-3)28(33)20-11-22(12-20)35-2/h4-8,13-17,20,22H,9-12H2,1-3H3,(H,29,31). The first kappa shape index (κ1) is 24.0. The average molecular weight is 487 g/mol. The molecule has 1 fully saturated rings. The minimum absolute atomic E-state index is 0.0119. The second-order valence-corrected chi connectivity index (χ2v) is 9.01. The van der Waals surface area contributed by atoms with E-state index in [4.69, 9.17) is 14.2 Å². The van der Waals surface area contributed by atoms with Gasteiger partial charge in [-0.1, -0.05) is 18.2 Å². The van der Waals surface area contributed by atoms with Crippen molar-refractivity contribution in [3.05, 3.63) is 66.6 Å². The highest BCUT2D eigenvalue weighted by Crippen LogP contribution is 2.36. The first-order valence-electron chi connectivity index (χ1n) is 12.0. The minimum atomic E-state index is 0.0119. The van der Waals surface area contributed by atoms with Crippen LogP contribution < -0.4 is 10.1 Å². The molecule has 2 heterocycles. The van der Waals surface area contributed by atoms with E-state index in [9.17, 15) is 4.79 Å². The number of Topliss-reactive ketones (excluding diaryl/α,β-unsaturated/α-hetero) is 1. The molecule has 0 spiro atoms. The summed E-state index contributed by atoms with van der Waals surface area (Å²) in [4.78, 5) is 17.4. The maximum atomic E-state index is 12.8. The average Bonchev–Trinajstić information content (AvgIpc) is 3.35. The number of nitrogens with one attached hydrogen (secondary N) is 1. The third-order valence-corrected chi connectivity index (χ3v) is 6.78. The van der Waals surface area contributed by atoms with Gasteiger partial charge in [0.15, 0.2) is 5.78 Å². The van der Waals surface area contributed by atoms with Gasteiger partial charge in [0.2, 0.25) is 0 Å². The lowest BCUT2D eigenvalue weighted by Crippen LogP contribution is -2.35. The predicted molar refractivity (Wildman–Crippen MR) is 139 cm³/mol. The number of benzene rings is 2. The largest absolute Gasteiger partial charge is 0.495 e. The van der Waals surface area contributed by atoms with Crippen LogP contribution in [0.3, 0.4) is 0 Å². The number of anilines is 2. The molecule has 0 bridgehead atoms. The Balaban J connectivity index is 1.40. The molecule has 0 unspecified atom stereocenters. The molecule has 2 aromatic carbocycles. The van der Waals surface area contributed by atoms with Gasteiger partial charge in [0.1, 0.15) is 11.6 Å². The Morgan fingerprint density at radius 2 is 1.97 bits per heavy atom. The van der Waals surface area contributed by atoms with Gasteiger partial charge < -0.3 is 19.5 Å². The number of pyridine rings is 1. The van der Waals surface area contributed by atoms with Gasteiger partial charge in [-0.25, -0.2) is 4.98 Å². The van der Waals surface area contributed by atoms with E-state index < -0.39 is 0 Å². The SMILES string of the molecule is COCCn1cc(-c2cccc3cnc(Nc4ccc(C(=O)C5CC(OC)C5)cc4OC)cc23)cn1. The second kappa shape index (κ2) is 10.5. The van der Waals surface area contributed by atoms with Gasteiger partial charge in [-0.2, -0.15) is 5.10 Å². The zero-order valence-electron chi connectivity index (χ0n) is 20.7. The number of nitrogens with zero attached hydrogens (tertiary/aromatic N) is 3. The molecule has 4 aromatic rings. The number of ether oxygens (including phenoxy) is 3. The lowest BCUT2D eigenvalue weighted by Gasteiger charge is -2.33. The van der Waals surface area contributed by atoms with E-state index in [2.05, 4.69) is 21.5 Å². The van der Waals surface area contributed by atoms with E-state index in [-0.39, 0.29) is 17.8 Å². The fraction of sp³-hybridized carbons (Fsp3) is 0.321. The van der Waals surface area contributed by atoms with Crippen LogP contribution in [0.1, 0.15) is 23.2 Å². The lowest BCUT2D eigenvalue weighted by molar-refractivity contribution is 0.00519. The third kappa shape index (κ3) is 4.82. The zero-order valence-corrected chi connectivity index (χ0v) is 20.7. The van der Waals surface area contributed by atoms with Crippen molar-refractivity contribution >= 4 is 28.1 Å². The Morgan fingerprint density at radius 1 is 1.11 bits per heavy atom. The highest BCUT2D eigenvalue weighted by Gasteiger charge is 2.35. The van der Waals surface area contributed by atoms with Crippen molar-refractivity contribution < 1.29 is 19.0 Å². The third-order valence-electron chi connectivity index (χ3n) is 6.78. The molecule has 8 nitrogen and oxygen atoms in total. The molecule has 2 aromatic heterocycles. The van der Waals surface area contributed by atoms with E-state index in [0.29, 0.717) is 30.3 Å². The van der Waals surface area contributed by atoms with Crippen LogP contribution in [-0.4, -0.2) is 54.6 Å². The summed E-state index contributed by atoms with van der Waals surface area (Å²) >= 11 is 0. The number of aromatic nitrogens is 3. The molecule has 5 rings (SSSR count). The summed E-state index contributed by atoms with van der Waals surface area (Å²) < 4.78 is 18.0. The van der Waals surface area contributed by atoms with Crippen LogP contribution in [0.2, 0.25) is 0 Å². The molecule has 0 atom stereocenters. The van der Waals surface area contributed by atoms with Crippen molar-refractivity contribution in [3.8, 4) is 16.9 Å². The zero-order chi connectivity index (χ0) is 25.1. The molecule has 0 radical (unpaired) electrons. The van der Waals surface area contributed by atoms with Crippen molar-refractivity contribution in [2.75, 3.05) is 33.3 Å². The highest BCUT2D eigenvalue weighted by atomic mass is 16.5. The predicted octanol–water partition coefficient (Wildman–Crippen LogP) is 5.10. The first-order chi connectivity index (χ1) is 17.6. The summed E-state index contributed by atoms with van der Waals surface area (Å²) in [6.07, 6.45) is 7.47. The number of carbonyl (C=O) groups excluding carboxylic acids is 1. The summed E-state index contributed by atoms with van der Waals surface area (Å²) in [6.45, 7) is 1.30. The first-order valence-corrected chi connectivity index (χ1v) is 12.0. The van der Waals surface area contributed by atoms with Gasteiger partial charge in [-0.3, -0.25) is 9.48 Å². The number of carbonyl (C=O) groups is 1. The van der Waals surface area contributed by atoms with Crippen molar-refractivity contribution in [1.29, 1.82) is 0 Å². The molecular weight excluding hydrogens is 456 g/mol. The van der Waals surface area contributed by atoms with Gasteiger partial charge in [0, 0.05) is 49.0 Å². The summed E-state index contributed by atoms with van der Waals surface area (Å²) in [5.74, 6) is 1.42. The van der Waals surface area contributed by atoms with E-state index in [0.717, 1.165) is 40.4 Å². The van der Waals surface area contributed by atoms with Crippen LogP contribution in [0.5, 0.6) is 5.75 Å². The van der Waals surface area contributed by atoms with Gasteiger partial charge in [-0.15, -0.1) is 0 Å². The summed E-state index contributed by atoms with van der Waals surface area (Å²) in [5, 5.41) is 9.91. The van der Waals surface area contributed by atoms with Gasteiger partial charge >= 0.3 is 0 Å². The molecule has 1 aliphatic rings. The molecule has 36 heavy (non-hydrogen) atoms. The maximum Gasteiger partial charge on any atom is 0.166 e. The number of rotatable bonds is 10. The number of hydrogen-bond acceptors (Lipinski definition) is 7. The minimum Gasteiger partial charge on any atom is -0.495 e. The van der Waals surface area contributed by atoms with E-state index in [1.54, 1.807) is 27.4 Å². The van der Waals surface area contributed by atoms with Crippen molar-refractivity contribution in [3.63, 3.8) is 0 Å². The monoisotopic (exact) mass is 486 g/mol. The normalized spacial score (nSPS) is 17.1. The molecule has 1 saturated carbocycles. The Hall–Kier alpha value is -3.75. The Bertz CT molecular complexity index is 1380. The van der Waals surface area contributed by atoms with Crippen LogP contribution in [0.4, 0.5) is 11.5 Å². The Kier molecular flexibility index (Phi) is 6.97. The molecule has 186 valence electrons. The van der Waals surface area contributed by atoms with Crippen LogP contribution >= 0.6 is 0 Å². The number of ketones is 1. The van der Waals surface area contributed by atoms with Crippen molar-refractivity contribution in [1.82, 2.24) is 14.8 Å². The quantitative estimate of drug-likeness (QED) is 0.312. The van der Waals surface area contributed by atoms with Gasteiger partial charge in [-0.05, 0) is 48.1 Å². The smallest absolute Gasteiger partial charge is 0.166 e. The van der Waals surface area contributed by atoms with Crippen molar-refractivity contribution in [2.45, 2.75) is 25.5 Å². The topological polar surface area (TPSA) is 87.5 Å². The Labute approximate surface area is 210 Å². The fourth-order valence-electron chi connectivity index (χ4n) is 4.59. The lowest BCUT2D eigenvalue weighted by atomic mass is 9.77. The summed E-state index contributed by atoms with van der Waals surface area (Å²) in [5.41, 5.74) is 3.50. The summed E-state index contributed by atoms with van der Waals surface area (Å²) in [6, 6.07) is 13.7. The molecular formula is C28H30N4O4. The van der Waals surface area contributed by atoms with Crippen LogP contribution in [0.25, 0.3) is 21.9 Å². The number of methoxy groups -OCH3 is 3. The van der Waals surface area contributed by atoms with Crippen LogP contribution in [-0.2, 0) is 16.0 Å². The molecule has 0 saturated heterocycles. The van der Waals surface area contributed by atoms with Gasteiger partial charge in [0.25, 0.3) is 0 Å². The van der Waals surface area contributed by atoms with E-state index in [1.165, 1.54) is 0 Å². The van der Waals surface area contributed by atoms with Crippen molar-refractivity contribution in [2.24, 2.45) is 5.92 Å². The second-order valence-electron chi connectivity index (χ2n) is 9.01. The van der Waals surface area contributed by atoms with Crippen LogP contribution in [0, 0.1) is 5.92 Å². The number of fused-ring (bicyclic) bond motifs is 1. The molecule has 1 N–H and O–H groups in total. The molecule has 8 heteroatoms. The Morgan fingerprint density at radius 3 is 2.75 bits per heavy atom. The highest BCUT2D eigenvalue weighted by molar-refractivity contribution is 6.00. The molecule has 1 aliphatic carbocycles. The molecule has 0 aliphatic heterocycles. The fourth-order valence-corrected chi connectivity index (χ4v) is 4.59. The van der Waals surface area contributed by atoms with E-state index >= 15 is 0 Å². The maximum absolute atomic E-state index is 12.8. The van der Waals surface area contributed by atoms with E-state index in [1.807, 2.05) is 53.6 Å². The van der Waals surface area contributed by atoms with Crippen LogP contribution in [0.15, 0.2) is 61.1 Å². The van der Waals surface area contributed by atoms with Gasteiger partial charge in [0.05, 0.1) is 38.2 Å².